The SMILES string of the molecule is CCCCCCc1cc(-c2sc(-c3cc4ccc5cc(-c6cc(CCCCCC)c(-c7cc(CCCCCC)c(/C=C8\SC(=O)N(CC)C8=O)s7)s6)cc6ccc(c3)c4c56)cc2CCCCCC)sc1/C=C1\SC(=O)N(CC)C1=O. The van der Waals surface area contributed by atoms with Crippen molar-refractivity contribution >= 4 is 136 Å². The lowest BCUT2D eigenvalue weighted by Crippen LogP contribution is -2.27. The minimum absolute atomic E-state index is 0.178. The summed E-state index contributed by atoms with van der Waals surface area (Å²) in [6.45, 7) is 13.5. The van der Waals surface area contributed by atoms with E-state index in [0.29, 0.717) is 22.9 Å². The molecule has 418 valence electrons. The summed E-state index contributed by atoms with van der Waals surface area (Å²) in [5.41, 5.74) is 7.84. The quantitative estimate of drug-likeness (QED) is 0.0276. The van der Waals surface area contributed by atoms with Gasteiger partial charge in [0, 0.05) is 52.1 Å². The van der Waals surface area contributed by atoms with Crippen molar-refractivity contribution in [2.45, 2.75) is 170 Å². The van der Waals surface area contributed by atoms with Crippen LogP contribution in [0.25, 0.3) is 84.9 Å². The molecule has 0 N–H and O–H groups in total. The van der Waals surface area contributed by atoms with Gasteiger partial charge in [-0.05, 0) is 215 Å². The van der Waals surface area contributed by atoms with Gasteiger partial charge in [0.1, 0.15) is 0 Å². The number of unbranched alkanes of at least 4 members (excludes halogenated alkanes) is 12. The van der Waals surface area contributed by atoms with Crippen molar-refractivity contribution in [2.75, 3.05) is 13.1 Å². The molecule has 2 fully saturated rings. The minimum Gasteiger partial charge on any atom is -0.269 e. The Labute approximate surface area is 498 Å². The Balaban J connectivity index is 1.000. The molecule has 12 heteroatoms. The molecule has 2 saturated heterocycles. The molecule has 8 aromatic rings. The number of likely N-dealkylation sites (N-methyl/N-ethyl adjacent to an activating group) is 2. The highest BCUT2D eigenvalue weighted by Gasteiger charge is 2.35. The number of hydrogen-bond donors (Lipinski definition) is 0. The fourth-order valence-electron chi connectivity index (χ4n) is 11.5. The molecule has 6 heterocycles. The number of carbonyl (C=O) groups excluding carboxylic acids is 4. The van der Waals surface area contributed by atoms with Gasteiger partial charge in [0.2, 0.25) is 0 Å². The van der Waals surface area contributed by atoms with Crippen molar-refractivity contribution < 1.29 is 19.2 Å². The van der Waals surface area contributed by atoms with Gasteiger partial charge in [-0.1, -0.05) is 129 Å². The Hall–Kier alpha value is -4.82. The fraction of sp³-hybridized carbons (Fsp3) is 0.412. The van der Waals surface area contributed by atoms with Crippen LogP contribution in [0.2, 0.25) is 0 Å². The summed E-state index contributed by atoms with van der Waals surface area (Å²) in [6, 6.07) is 28.7. The molecular formula is C68H76N2O4S6. The van der Waals surface area contributed by atoms with E-state index in [9.17, 15) is 19.2 Å². The number of amides is 4. The molecule has 4 amide bonds. The Morgan fingerprint density at radius 3 is 1.01 bits per heavy atom. The van der Waals surface area contributed by atoms with E-state index in [-0.39, 0.29) is 22.3 Å². The second kappa shape index (κ2) is 27.1. The third-order valence-corrected chi connectivity index (χ3v) is 22.8. The molecule has 2 aliphatic heterocycles. The second-order valence-corrected chi connectivity index (χ2v) is 28.0. The summed E-state index contributed by atoms with van der Waals surface area (Å²) < 4.78 is 0. The summed E-state index contributed by atoms with van der Waals surface area (Å²) in [5.74, 6) is -0.356. The van der Waals surface area contributed by atoms with Gasteiger partial charge in [-0.15, -0.1) is 45.3 Å². The predicted molar refractivity (Wildman–Crippen MR) is 351 cm³/mol. The number of hydrogen-bond acceptors (Lipinski definition) is 10. The number of benzene rings is 4. The predicted octanol–water partition coefficient (Wildman–Crippen LogP) is 22.1. The molecule has 0 unspecified atom stereocenters. The van der Waals surface area contributed by atoms with Crippen molar-refractivity contribution in [2.24, 2.45) is 0 Å². The van der Waals surface area contributed by atoms with E-state index < -0.39 is 0 Å². The largest absolute Gasteiger partial charge is 0.293 e. The number of carbonyl (C=O) groups is 4. The van der Waals surface area contributed by atoms with Gasteiger partial charge in [0.25, 0.3) is 22.3 Å². The molecule has 10 rings (SSSR count). The molecular weight excluding hydrogens is 1100 g/mol. The summed E-state index contributed by atoms with van der Waals surface area (Å²) in [6.07, 6.45) is 26.9. The van der Waals surface area contributed by atoms with E-state index in [2.05, 4.69) is 100 Å². The van der Waals surface area contributed by atoms with Crippen LogP contribution >= 0.6 is 68.9 Å². The smallest absolute Gasteiger partial charge is 0.269 e. The second-order valence-electron chi connectivity index (χ2n) is 21.8. The molecule has 0 atom stereocenters. The maximum Gasteiger partial charge on any atom is 0.293 e. The van der Waals surface area contributed by atoms with Crippen LogP contribution in [0.3, 0.4) is 0 Å². The first-order chi connectivity index (χ1) is 39.0. The summed E-state index contributed by atoms with van der Waals surface area (Å²) in [4.78, 5) is 65.9. The van der Waals surface area contributed by atoms with E-state index in [1.165, 1.54) is 182 Å². The van der Waals surface area contributed by atoms with Crippen molar-refractivity contribution in [1.82, 2.24) is 9.80 Å². The molecule has 6 nitrogen and oxygen atoms in total. The number of imide groups is 2. The molecule has 4 aromatic carbocycles. The van der Waals surface area contributed by atoms with E-state index in [0.717, 1.165) is 84.6 Å². The number of thiophene rings is 4. The summed E-state index contributed by atoms with van der Waals surface area (Å²) >= 11 is 9.52. The van der Waals surface area contributed by atoms with Crippen molar-refractivity contribution in [3.8, 4) is 40.4 Å². The topological polar surface area (TPSA) is 74.8 Å². The molecule has 2 aliphatic rings. The van der Waals surface area contributed by atoms with Gasteiger partial charge in [0.05, 0.1) is 9.81 Å². The van der Waals surface area contributed by atoms with Crippen molar-refractivity contribution in [3.05, 3.63) is 115 Å². The highest BCUT2D eigenvalue weighted by molar-refractivity contribution is 8.18. The standard InChI is InChI=1S/C68H76N2O4S6/c1-7-13-17-21-25-43-37-57(75-55(43)41-59-65(71)69(11-5)67(73)79-59)63-49(27-23-19-15-9-3)39-53(77-63)51-33-45-29-31-47-35-52(36-48-32-30-46(34-51)61(45)62(47)48)54-40-50(28-24-20-16-10-4)64(78-54)58-38-44(26-22-18-14-8-2)56(76-58)42-60-66(72)70(12-6)68(74)80-60/h29-42H,7-28H2,1-6H3/b59-41-,60-42-. The van der Waals surface area contributed by atoms with Gasteiger partial charge in [-0.3, -0.25) is 29.0 Å². The number of thioether (sulfide) groups is 2. The molecule has 0 radical (unpaired) electrons. The van der Waals surface area contributed by atoms with Crippen LogP contribution in [0.4, 0.5) is 9.59 Å². The van der Waals surface area contributed by atoms with Gasteiger partial charge in [-0.25, -0.2) is 0 Å². The lowest BCUT2D eigenvalue weighted by Gasteiger charge is -2.13. The third kappa shape index (κ3) is 12.7. The molecule has 0 saturated carbocycles. The van der Waals surface area contributed by atoms with Crippen molar-refractivity contribution in [3.63, 3.8) is 0 Å². The minimum atomic E-state index is -0.180. The Kier molecular flexibility index (Phi) is 19.7. The number of rotatable bonds is 28. The zero-order valence-electron chi connectivity index (χ0n) is 47.6. The van der Waals surface area contributed by atoms with Gasteiger partial charge in [0.15, 0.2) is 0 Å². The number of nitrogens with zero attached hydrogens (tertiary/aromatic N) is 2. The zero-order valence-corrected chi connectivity index (χ0v) is 52.5. The monoisotopic (exact) mass is 1180 g/mol. The molecule has 0 spiro atoms. The lowest BCUT2D eigenvalue weighted by molar-refractivity contribution is -0.123. The highest BCUT2D eigenvalue weighted by atomic mass is 32.2. The Morgan fingerprint density at radius 2 is 0.700 bits per heavy atom. The van der Waals surface area contributed by atoms with Crippen LogP contribution in [0.1, 0.15) is 176 Å². The van der Waals surface area contributed by atoms with Crippen LogP contribution < -0.4 is 0 Å². The Morgan fingerprint density at radius 1 is 0.375 bits per heavy atom. The lowest BCUT2D eigenvalue weighted by atomic mass is 9.91. The van der Waals surface area contributed by atoms with Crippen molar-refractivity contribution in [1.29, 1.82) is 0 Å². The Bertz CT molecular complexity index is 3300. The van der Waals surface area contributed by atoms with Crippen LogP contribution in [0.15, 0.2) is 82.6 Å². The third-order valence-electron chi connectivity index (χ3n) is 16.0. The molecule has 0 aliphatic carbocycles. The first kappa shape index (κ1) is 58.4. The molecule has 0 bridgehead atoms. The zero-order chi connectivity index (χ0) is 55.9. The van der Waals surface area contributed by atoms with E-state index in [4.69, 9.17) is 0 Å². The van der Waals surface area contributed by atoms with Crippen LogP contribution in [-0.4, -0.2) is 45.2 Å². The van der Waals surface area contributed by atoms with E-state index >= 15 is 0 Å². The number of aryl methyl sites for hydroxylation is 4. The fourth-order valence-corrected chi connectivity index (χ4v) is 18.4. The molecule has 4 aromatic heterocycles. The van der Waals surface area contributed by atoms with Crippen LogP contribution in [0, 0.1) is 0 Å². The van der Waals surface area contributed by atoms with Gasteiger partial charge < -0.3 is 0 Å². The van der Waals surface area contributed by atoms with Crippen LogP contribution in [0.5, 0.6) is 0 Å². The average molecular weight is 1180 g/mol. The van der Waals surface area contributed by atoms with E-state index in [1.54, 1.807) is 22.7 Å². The van der Waals surface area contributed by atoms with Crippen LogP contribution in [-0.2, 0) is 35.3 Å². The maximum absolute atomic E-state index is 13.3. The van der Waals surface area contributed by atoms with E-state index in [1.807, 2.05) is 48.7 Å². The normalized spacial score (nSPS) is 15.2. The maximum atomic E-state index is 13.3. The van der Waals surface area contributed by atoms with Gasteiger partial charge >= 0.3 is 0 Å². The summed E-state index contributed by atoms with van der Waals surface area (Å²) in [5, 5.41) is 7.28. The molecule has 80 heavy (non-hydrogen) atoms. The van der Waals surface area contributed by atoms with Gasteiger partial charge in [-0.2, -0.15) is 0 Å². The first-order valence-electron chi connectivity index (χ1n) is 29.8. The average Bonchev–Trinajstić information content (AvgIpc) is 4.47. The first-order valence-corrected chi connectivity index (χ1v) is 34.7. The summed E-state index contributed by atoms with van der Waals surface area (Å²) in [7, 11) is 0. The highest BCUT2D eigenvalue weighted by Crippen LogP contribution is 2.49.